The van der Waals surface area contributed by atoms with Crippen molar-refractivity contribution in [2.75, 3.05) is 7.11 Å². The highest BCUT2D eigenvalue weighted by atomic mass is 16.5. The molecule has 23 heavy (non-hydrogen) atoms. The average Bonchev–Trinajstić information content (AvgIpc) is 3.03. The molecular weight excluding hydrogens is 284 g/mol. The van der Waals surface area contributed by atoms with Crippen molar-refractivity contribution < 1.29 is 4.74 Å². The largest absolute Gasteiger partial charge is 0.497 e. The molecule has 0 aliphatic rings. The zero-order chi connectivity index (χ0) is 15.8. The SMILES string of the molecule is C=C(OC)c1ccc2nc(-c3cccc4ccccc34)[nH]c2c1. The summed E-state index contributed by atoms with van der Waals surface area (Å²) in [6, 6.07) is 20.6. The third kappa shape index (κ3) is 2.27. The summed E-state index contributed by atoms with van der Waals surface area (Å²) in [5, 5.41) is 2.40. The summed E-state index contributed by atoms with van der Waals surface area (Å²) in [5.41, 5.74) is 3.96. The Bertz CT molecular complexity index is 1020. The smallest absolute Gasteiger partial charge is 0.139 e. The first-order chi connectivity index (χ1) is 11.3. The minimum absolute atomic E-state index is 0.646. The van der Waals surface area contributed by atoms with Crippen molar-refractivity contribution in [3.05, 3.63) is 72.8 Å². The van der Waals surface area contributed by atoms with Gasteiger partial charge in [0.05, 0.1) is 18.1 Å². The molecule has 0 atom stereocenters. The molecule has 3 nitrogen and oxygen atoms in total. The molecule has 1 aromatic heterocycles. The van der Waals surface area contributed by atoms with Gasteiger partial charge in [0.1, 0.15) is 11.6 Å². The Morgan fingerprint density at radius 2 is 1.87 bits per heavy atom. The second-order valence-electron chi connectivity index (χ2n) is 5.47. The Morgan fingerprint density at radius 3 is 2.74 bits per heavy atom. The van der Waals surface area contributed by atoms with Crippen molar-refractivity contribution >= 4 is 27.6 Å². The summed E-state index contributed by atoms with van der Waals surface area (Å²) in [6.45, 7) is 3.90. The van der Waals surface area contributed by atoms with Gasteiger partial charge >= 0.3 is 0 Å². The van der Waals surface area contributed by atoms with E-state index >= 15 is 0 Å². The van der Waals surface area contributed by atoms with Gasteiger partial charge in [0.25, 0.3) is 0 Å². The standard InChI is InChI=1S/C20H16N2O/c1-13(23-2)15-10-11-18-19(12-15)22-20(21-18)17-9-5-7-14-6-3-4-8-16(14)17/h3-12H,1H2,2H3,(H,21,22). The molecule has 4 rings (SSSR count). The van der Waals surface area contributed by atoms with Gasteiger partial charge in [-0.2, -0.15) is 0 Å². The molecule has 0 bridgehead atoms. The molecule has 0 spiro atoms. The van der Waals surface area contributed by atoms with Crippen LogP contribution in [0.4, 0.5) is 0 Å². The Balaban J connectivity index is 1.90. The molecule has 0 unspecified atom stereocenters. The summed E-state index contributed by atoms with van der Waals surface area (Å²) in [6.07, 6.45) is 0. The second kappa shape index (κ2) is 5.29. The van der Waals surface area contributed by atoms with Crippen molar-refractivity contribution in [3.63, 3.8) is 0 Å². The van der Waals surface area contributed by atoms with Crippen LogP contribution in [0, 0.1) is 0 Å². The van der Waals surface area contributed by atoms with E-state index in [0.717, 1.165) is 28.0 Å². The molecule has 1 N–H and O–H groups in total. The number of benzene rings is 3. The molecule has 4 aromatic rings. The van der Waals surface area contributed by atoms with Crippen molar-refractivity contribution in [1.29, 1.82) is 0 Å². The van der Waals surface area contributed by atoms with Crippen molar-refractivity contribution in [2.45, 2.75) is 0 Å². The highest BCUT2D eigenvalue weighted by molar-refractivity contribution is 5.96. The molecular formula is C20H16N2O. The molecule has 0 amide bonds. The summed E-state index contributed by atoms with van der Waals surface area (Å²) in [7, 11) is 1.63. The van der Waals surface area contributed by atoms with E-state index in [9.17, 15) is 0 Å². The van der Waals surface area contributed by atoms with E-state index in [0.29, 0.717) is 5.76 Å². The Kier molecular flexibility index (Phi) is 3.12. The van der Waals surface area contributed by atoms with Gasteiger partial charge in [-0.25, -0.2) is 4.98 Å². The maximum Gasteiger partial charge on any atom is 0.139 e. The van der Waals surface area contributed by atoms with E-state index in [4.69, 9.17) is 9.72 Å². The van der Waals surface area contributed by atoms with E-state index in [-0.39, 0.29) is 0 Å². The highest BCUT2D eigenvalue weighted by Crippen LogP contribution is 2.29. The first-order valence-corrected chi connectivity index (χ1v) is 7.47. The summed E-state index contributed by atoms with van der Waals surface area (Å²) in [4.78, 5) is 8.15. The number of rotatable bonds is 3. The van der Waals surface area contributed by atoms with E-state index < -0.39 is 0 Å². The molecule has 112 valence electrons. The Hall–Kier alpha value is -3.07. The van der Waals surface area contributed by atoms with E-state index in [1.807, 2.05) is 24.3 Å². The lowest BCUT2D eigenvalue weighted by atomic mass is 10.0. The third-order valence-corrected chi connectivity index (χ3v) is 4.10. The van der Waals surface area contributed by atoms with E-state index in [2.05, 4.69) is 48.0 Å². The minimum Gasteiger partial charge on any atom is -0.497 e. The quantitative estimate of drug-likeness (QED) is 0.541. The topological polar surface area (TPSA) is 37.9 Å². The fourth-order valence-corrected chi connectivity index (χ4v) is 2.86. The number of H-pyrrole nitrogens is 1. The third-order valence-electron chi connectivity index (χ3n) is 4.10. The fourth-order valence-electron chi connectivity index (χ4n) is 2.86. The van der Waals surface area contributed by atoms with Crippen LogP contribution in [0.3, 0.4) is 0 Å². The molecule has 0 fully saturated rings. The average molecular weight is 300 g/mol. The second-order valence-corrected chi connectivity index (χ2v) is 5.47. The lowest BCUT2D eigenvalue weighted by Gasteiger charge is -2.03. The lowest BCUT2D eigenvalue weighted by Crippen LogP contribution is -1.84. The van der Waals surface area contributed by atoms with Crippen molar-refractivity contribution in [1.82, 2.24) is 9.97 Å². The fraction of sp³-hybridized carbons (Fsp3) is 0.0500. The Morgan fingerprint density at radius 1 is 1.04 bits per heavy atom. The van der Waals surface area contributed by atoms with Gasteiger partial charge in [0.2, 0.25) is 0 Å². The summed E-state index contributed by atoms with van der Waals surface area (Å²) in [5.74, 6) is 1.52. The van der Waals surface area contributed by atoms with Gasteiger partial charge in [-0.05, 0) is 29.0 Å². The van der Waals surface area contributed by atoms with Crippen LogP contribution in [0.5, 0.6) is 0 Å². The maximum absolute atomic E-state index is 5.21. The number of hydrogen-bond acceptors (Lipinski definition) is 2. The van der Waals surface area contributed by atoms with Crippen LogP contribution in [-0.4, -0.2) is 17.1 Å². The number of aromatic nitrogens is 2. The Labute approximate surface area is 134 Å². The maximum atomic E-state index is 5.21. The molecule has 3 aromatic carbocycles. The predicted octanol–water partition coefficient (Wildman–Crippen LogP) is 5.00. The highest BCUT2D eigenvalue weighted by Gasteiger charge is 2.09. The number of imidazole rings is 1. The lowest BCUT2D eigenvalue weighted by molar-refractivity contribution is 0.371. The van der Waals surface area contributed by atoms with Gasteiger partial charge in [0.15, 0.2) is 0 Å². The van der Waals surface area contributed by atoms with Gasteiger partial charge in [-0.15, -0.1) is 0 Å². The van der Waals surface area contributed by atoms with E-state index in [1.54, 1.807) is 7.11 Å². The number of nitrogens with one attached hydrogen (secondary N) is 1. The van der Waals surface area contributed by atoms with E-state index in [1.165, 1.54) is 10.8 Å². The zero-order valence-electron chi connectivity index (χ0n) is 12.8. The van der Waals surface area contributed by atoms with Gasteiger partial charge in [0, 0.05) is 11.1 Å². The van der Waals surface area contributed by atoms with Crippen LogP contribution in [0.1, 0.15) is 5.56 Å². The van der Waals surface area contributed by atoms with Crippen LogP contribution in [0.2, 0.25) is 0 Å². The number of ether oxygens (including phenoxy) is 1. The van der Waals surface area contributed by atoms with Crippen molar-refractivity contribution in [3.8, 4) is 11.4 Å². The van der Waals surface area contributed by atoms with Crippen LogP contribution in [-0.2, 0) is 4.74 Å². The van der Waals surface area contributed by atoms with Crippen LogP contribution in [0.15, 0.2) is 67.2 Å². The van der Waals surface area contributed by atoms with Gasteiger partial charge in [-0.3, -0.25) is 0 Å². The van der Waals surface area contributed by atoms with Crippen LogP contribution < -0.4 is 0 Å². The molecule has 0 aliphatic heterocycles. The number of fused-ring (bicyclic) bond motifs is 2. The minimum atomic E-state index is 0.646. The zero-order valence-corrected chi connectivity index (χ0v) is 12.8. The number of aromatic amines is 1. The first-order valence-electron chi connectivity index (χ1n) is 7.47. The molecule has 0 saturated carbocycles. The summed E-state index contributed by atoms with van der Waals surface area (Å²) < 4.78 is 5.21. The van der Waals surface area contributed by atoms with Gasteiger partial charge in [-0.1, -0.05) is 49.0 Å². The molecule has 1 heterocycles. The first kappa shape index (κ1) is 13.6. The summed E-state index contributed by atoms with van der Waals surface area (Å²) >= 11 is 0. The normalized spacial score (nSPS) is 11.0. The van der Waals surface area contributed by atoms with Crippen LogP contribution in [0.25, 0.3) is 39.0 Å². The monoisotopic (exact) mass is 300 g/mol. The number of hydrogen-bond donors (Lipinski definition) is 1. The molecule has 0 radical (unpaired) electrons. The molecule has 0 aliphatic carbocycles. The number of methoxy groups -OCH3 is 1. The number of nitrogens with zero attached hydrogens (tertiary/aromatic N) is 1. The van der Waals surface area contributed by atoms with Gasteiger partial charge < -0.3 is 9.72 Å². The van der Waals surface area contributed by atoms with Crippen LogP contribution >= 0.6 is 0 Å². The van der Waals surface area contributed by atoms with Crippen molar-refractivity contribution in [2.24, 2.45) is 0 Å². The predicted molar refractivity (Wildman–Crippen MR) is 95.1 cm³/mol. The molecule has 3 heteroatoms. The molecule has 0 saturated heterocycles.